The summed E-state index contributed by atoms with van der Waals surface area (Å²) in [5.74, 6) is 0. The third-order valence-corrected chi connectivity index (χ3v) is 4.72. The zero-order chi connectivity index (χ0) is 15.3. The van der Waals surface area contributed by atoms with Gasteiger partial charge in [0.05, 0.1) is 6.33 Å². The lowest BCUT2D eigenvalue weighted by Gasteiger charge is -2.35. The van der Waals surface area contributed by atoms with Crippen LogP contribution >= 0.6 is 11.6 Å². The maximum absolute atomic E-state index is 13.0. The van der Waals surface area contributed by atoms with Crippen molar-refractivity contribution in [3.05, 3.63) is 11.5 Å². The predicted molar refractivity (Wildman–Crippen MR) is 58.0 cm³/mol. The molecular weight excluding hydrogens is 330 g/mol. The Morgan fingerprint density at radius 1 is 1.30 bits per heavy atom. The van der Waals surface area contributed by atoms with Gasteiger partial charge >= 0.3 is 12.2 Å². The zero-order valence-electron chi connectivity index (χ0n) is 9.86. The van der Waals surface area contributed by atoms with Crippen molar-refractivity contribution in [3.8, 4) is 0 Å². The van der Waals surface area contributed by atoms with Gasteiger partial charge in [-0.05, 0) is 0 Å². The summed E-state index contributed by atoms with van der Waals surface area (Å²) in [5.41, 5.74) is 0. The number of hydrogen-bond donors (Lipinski definition) is 0. The molecule has 2 rings (SSSR count). The SMILES string of the molecule is Cn1cnc(S(=O)(=O)N2CC(F)(F)OC(F)(F)C2)c1Cl. The van der Waals surface area contributed by atoms with Crippen molar-refractivity contribution >= 4 is 21.6 Å². The first-order valence-electron chi connectivity index (χ1n) is 5.07. The predicted octanol–water partition coefficient (Wildman–Crippen LogP) is 1.28. The van der Waals surface area contributed by atoms with Crippen LogP contribution in [0.5, 0.6) is 0 Å². The smallest absolute Gasteiger partial charge is 0.324 e. The number of nitrogens with zero attached hydrogens (tertiary/aromatic N) is 3. The van der Waals surface area contributed by atoms with Gasteiger partial charge in [0.2, 0.25) is 5.03 Å². The summed E-state index contributed by atoms with van der Waals surface area (Å²) in [4.78, 5) is 3.43. The highest BCUT2D eigenvalue weighted by atomic mass is 35.5. The average Bonchev–Trinajstić information content (AvgIpc) is 2.55. The fourth-order valence-corrected chi connectivity index (χ4v) is 3.42. The van der Waals surface area contributed by atoms with Gasteiger partial charge in [0.15, 0.2) is 0 Å². The van der Waals surface area contributed by atoms with Gasteiger partial charge in [0.1, 0.15) is 18.2 Å². The molecule has 0 unspecified atom stereocenters. The van der Waals surface area contributed by atoms with E-state index in [1.807, 2.05) is 0 Å². The number of rotatable bonds is 2. The van der Waals surface area contributed by atoms with Crippen LogP contribution in [0.4, 0.5) is 17.6 Å². The first-order valence-corrected chi connectivity index (χ1v) is 6.89. The Morgan fingerprint density at radius 3 is 2.20 bits per heavy atom. The number of aryl methyl sites for hydroxylation is 1. The van der Waals surface area contributed by atoms with E-state index in [0.29, 0.717) is 0 Å². The summed E-state index contributed by atoms with van der Waals surface area (Å²) in [6.45, 7) is -3.09. The Labute approximate surface area is 115 Å². The van der Waals surface area contributed by atoms with Gasteiger partial charge in [-0.3, -0.25) is 4.74 Å². The van der Waals surface area contributed by atoms with E-state index in [1.54, 1.807) is 0 Å². The lowest BCUT2D eigenvalue weighted by Crippen LogP contribution is -2.56. The topological polar surface area (TPSA) is 64.4 Å². The number of aromatic nitrogens is 2. The molecule has 1 saturated heterocycles. The molecule has 0 radical (unpaired) electrons. The van der Waals surface area contributed by atoms with Gasteiger partial charge in [-0.1, -0.05) is 11.6 Å². The molecule has 20 heavy (non-hydrogen) atoms. The third kappa shape index (κ3) is 2.75. The van der Waals surface area contributed by atoms with Crippen molar-refractivity contribution in [2.24, 2.45) is 7.05 Å². The lowest BCUT2D eigenvalue weighted by molar-refractivity contribution is -0.397. The quantitative estimate of drug-likeness (QED) is 0.763. The lowest BCUT2D eigenvalue weighted by atomic mass is 10.4. The van der Waals surface area contributed by atoms with E-state index in [2.05, 4.69) is 9.72 Å². The summed E-state index contributed by atoms with van der Waals surface area (Å²) in [5, 5.41) is -1.14. The molecule has 0 amide bonds. The van der Waals surface area contributed by atoms with Crippen LogP contribution in [0.25, 0.3) is 0 Å². The van der Waals surface area contributed by atoms with Crippen molar-refractivity contribution in [2.45, 2.75) is 17.2 Å². The summed E-state index contributed by atoms with van der Waals surface area (Å²) < 4.78 is 80.4. The summed E-state index contributed by atoms with van der Waals surface area (Å²) in [6.07, 6.45) is -7.60. The van der Waals surface area contributed by atoms with Gasteiger partial charge in [-0.2, -0.15) is 21.9 Å². The molecule has 1 aliphatic heterocycles. The van der Waals surface area contributed by atoms with E-state index in [4.69, 9.17) is 11.6 Å². The molecule has 6 nitrogen and oxygen atoms in total. The van der Waals surface area contributed by atoms with Crippen molar-refractivity contribution in [1.82, 2.24) is 13.9 Å². The Kier molecular flexibility index (Phi) is 3.52. The second-order valence-electron chi connectivity index (χ2n) is 4.10. The normalized spacial score (nSPS) is 22.9. The summed E-state index contributed by atoms with van der Waals surface area (Å²) in [7, 11) is -3.33. The van der Waals surface area contributed by atoms with Crippen LogP contribution in [-0.4, -0.2) is 47.6 Å². The molecule has 2 heterocycles. The zero-order valence-corrected chi connectivity index (χ0v) is 11.4. The first-order chi connectivity index (χ1) is 8.95. The molecule has 0 N–H and O–H groups in total. The highest BCUT2D eigenvalue weighted by molar-refractivity contribution is 7.89. The largest absolute Gasteiger partial charge is 0.374 e. The van der Waals surface area contributed by atoms with Gasteiger partial charge in [-0.25, -0.2) is 13.4 Å². The maximum Gasteiger partial charge on any atom is 0.374 e. The number of halogens is 5. The Balaban J connectivity index is 2.42. The highest BCUT2D eigenvalue weighted by Crippen LogP contribution is 2.36. The molecule has 0 bridgehead atoms. The molecule has 0 aromatic carbocycles. The van der Waals surface area contributed by atoms with Crippen LogP contribution in [0.15, 0.2) is 11.4 Å². The molecule has 0 spiro atoms. The number of alkyl halides is 4. The first kappa shape index (κ1) is 15.5. The number of morpholine rings is 1. The minimum Gasteiger partial charge on any atom is -0.324 e. The van der Waals surface area contributed by atoms with E-state index in [-0.39, 0.29) is 9.46 Å². The molecule has 1 aromatic rings. The maximum atomic E-state index is 13.0. The van der Waals surface area contributed by atoms with Crippen molar-refractivity contribution < 1.29 is 30.7 Å². The van der Waals surface area contributed by atoms with Crippen LogP contribution in [0.2, 0.25) is 5.15 Å². The van der Waals surface area contributed by atoms with E-state index in [0.717, 1.165) is 10.9 Å². The van der Waals surface area contributed by atoms with Crippen LogP contribution in [0.3, 0.4) is 0 Å². The molecule has 114 valence electrons. The Bertz CT molecular complexity index is 617. The van der Waals surface area contributed by atoms with Crippen LogP contribution in [0, 0.1) is 0 Å². The van der Waals surface area contributed by atoms with Gasteiger partial charge in [-0.15, -0.1) is 0 Å². The van der Waals surface area contributed by atoms with Crippen LogP contribution in [-0.2, 0) is 21.8 Å². The number of ether oxygens (including phenoxy) is 1. The second kappa shape index (κ2) is 4.55. The van der Waals surface area contributed by atoms with Crippen molar-refractivity contribution in [2.75, 3.05) is 13.1 Å². The number of sulfonamides is 1. The van der Waals surface area contributed by atoms with Crippen LogP contribution < -0.4 is 0 Å². The Morgan fingerprint density at radius 2 is 1.80 bits per heavy atom. The molecule has 0 saturated carbocycles. The van der Waals surface area contributed by atoms with Gasteiger partial charge < -0.3 is 4.57 Å². The minimum atomic E-state index is -4.68. The standard InChI is InChI=1S/C8H8ClF4N3O3S/c1-15-4-14-6(5(15)9)20(17,18)16-2-7(10,11)19-8(12,13)3-16/h4H,2-3H2,1H3. The fourth-order valence-electron chi connectivity index (χ4n) is 1.61. The van der Waals surface area contributed by atoms with Gasteiger partial charge in [0, 0.05) is 7.05 Å². The van der Waals surface area contributed by atoms with Crippen molar-refractivity contribution in [3.63, 3.8) is 0 Å². The summed E-state index contributed by atoms with van der Waals surface area (Å²) in [6, 6.07) is 0. The van der Waals surface area contributed by atoms with Crippen LogP contribution in [0.1, 0.15) is 0 Å². The molecule has 1 fully saturated rings. The minimum absolute atomic E-state index is 0.106. The Hall–Kier alpha value is -0.910. The molecule has 1 aromatic heterocycles. The molecule has 0 atom stereocenters. The van der Waals surface area contributed by atoms with E-state index >= 15 is 0 Å². The van der Waals surface area contributed by atoms with Gasteiger partial charge in [0.25, 0.3) is 10.0 Å². The number of imidazole rings is 1. The van der Waals surface area contributed by atoms with Crippen molar-refractivity contribution in [1.29, 1.82) is 0 Å². The molecular formula is C8H8ClF4N3O3S. The molecule has 0 aliphatic carbocycles. The highest BCUT2D eigenvalue weighted by Gasteiger charge is 2.55. The molecule has 12 heteroatoms. The number of hydrogen-bond acceptors (Lipinski definition) is 4. The molecule has 1 aliphatic rings. The van der Waals surface area contributed by atoms with E-state index < -0.39 is 40.4 Å². The monoisotopic (exact) mass is 337 g/mol. The van der Waals surface area contributed by atoms with E-state index in [1.165, 1.54) is 7.05 Å². The van der Waals surface area contributed by atoms with E-state index in [9.17, 15) is 26.0 Å². The third-order valence-electron chi connectivity index (χ3n) is 2.44. The second-order valence-corrected chi connectivity index (χ2v) is 6.31. The fraction of sp³-hybridized carbons (Fsp3) is 0.625. The summed E-state index contributed by atoms with van der Waals surface area (Å²) >= 11 is 5.64. The average molecular weight is 338 g/mol.